The largest absolute Gasteiger partial charge is 0.467 e. The minimum atomic E-state index is -1.25. The number of ether oxygens (including phenoxy) is 3. The second kappa shape index (κ2) is 7.32. The first kappa shape index (κ1) is 12.9. The molecule has 0 fully saturated rings. The van der Waals surface area contributed by atoms with Crippen LogP contribution in [0, 0.1) is 0 Å². The van der Waals surface area contributed by atoms with Crippen molar-refractivity contribution in [2.75, 3.05) is 20.8 Å². The van der Waals surface area contributed by atoms with Crippen LogP contribution >= 0.6 is 0 Å². The number of rotatable bonds is 6. The van der Waals surface area contributed by atoms with Crippen LogP contribution in [0.3, 0.4) is 0 Å². The van der Waals surface area contributed by atoms with Gasteiger partial charge < -0.3 is 14.2 Å². The summed E-state index contributed by atoms with van der Waals surface area (Å²) in [5.74, 6) is -1.46. The molecular formula is C9H16O5. The highest BCUT2D eigenvalue weighted by molar-refractivity contribution is 5.97. The summed E-state index contributed by atoms with van der Waals surface area (Å²) in [5, 5.41) is 0. The molecule has 0 spiro atoms. The lowest BCUT2D eigenvalue weighted by atomic mass is 10.3. The van der Waals surface area contributed by atoms with E-state index >= 15 is 0 Å². The van der Waals surface area contributed by atoms with Crippen molar-refractivity contribution >= 4 is 11.9 Å². The van der Waals surface area contributed by atoms with E-state index in [1.165, 1.54) is 14.2 Å². The fourth-order valence-corrected chi connectivity index (χ4v) is 0.792. The zero-order chi connectivity index (χ0) is 11.0. The van der Waals surface area contributed by atoms with E-state index in [1.54, 1.807) is 0 Å². The molecule has 0 amide bonds. The molecular weight excluding hydrogens is 188 g/mol. The predicted molar refractivity (Wildman–Crippen MR) is 48.7 cm³/mol. The van der Waals surface area contributed by atoms with Gasteiger partial charge in [0.1, 0.15) is 0 Å². The molecule has 14 heavy (non-hydrogen) atoms. The molecule has 82 valence electrons. The van der Waals surface area contributed by atoms with E-state index in [0.717, 1.165) is 12.8 Å². The van der Waals surface area contributed by atoms with Gasteiger partial charge in [0.25, 0.3) is 6.10 Å². The summed E-state index contributed by atoms with van der Waals surface area (Å²) >= 11 is 0. The Labute approximate surface area is 83.3 Å². The molecule has 0 aromatic carbocycles. The van der Waals surface area contributed by atoms with Crippen LogP contribution in [0.15, 0.2) is 0 Å². The number of carbonyl (C=O) groups is 2. The molecule has 5 nitrogen and oxygen atoms in total. The van der Waals surface area contributed by atoms with Gasteiger partial charge in [-0.25, -0.2) is 9.59 Å². The van der Waals surface area contributed by atoms with E-state index in [4.69, 9.17) is 4.74 Å². The normalized spacial score (nSPS) is 10.0. The Morgan fingerprint density at radius 1 is 1.14 bits per heavy atom. The second-order valence-electron chi connectivity index (χ2n) is 2.65. The quantitative estimate of drug-likeness (QED) is 0.358. The van der Waals surface area contributed by atoms with Crippen molar-refractivity contribution in [1.29, 1.82) is 0 Å². The lowest BCUT2D eigenvalue weighted by Gasteiger charge is -2.12. The maximum absolute atomic E-state index is 11.1. The molecule has 0 saturated heterocycles. The topological polar surface area (TPSA) is 61.8 Å². The summed E-state index contributed by atoms with van der Waals surface area (Å²) in [7, 11) is 2.39. The van der Waals surface area contributed by atoms with Crippen molar-refractivity contribution in [1.82, 2.24) is 0 Å². The Bertz CT molecular complexity index is 174. The van der Waals surface area contributed by atoms with Crippen LogP contribution in [0.1, 0.15) is 19.8 Å². The third-order valence-corrected chi connectivity index (χ3v) is 1.61. The molecule has 0 aliphatic carbocycles. The van der Waals surface area contributed by atoms with Crippen molar-refractivity contribution in [3.8, 4) is 0 Å². The molecule has 0 unspecified atom stereocenters. The zero-order valence-corrected chi connectivity index (χ0v) is 8.74. The average molecular weight is 204 g/mol. The standard InChI is InChI=1S/C9H16O5/c1-4-5-6-14-7(8(10)12-2)9(11)13-3/h7H,4-6H2,1-3H3. The molecule has 0 N–H and O–H groups in total. The summed E-state index contributed by atoms with van der Waals surface area (Å²) in [5.41, 5.74) is 0. The van der Waals surface area contributed by atoms with Crippen molar-refractivity contribution < 1.29 is 23.8 Å². The number of carbonyl (C=O) groups excluding carboxylic acids is 2. The first-order valence-corrected chi connectivity index (χ1v) is 4.44. The predicted octanol–water partition coefficient (Wildman–Crippen LogP) is 0.518. The molecule has 0 atom stereocenters. The molecule has 0 saturated carbocycles. The van der Waals surface area contributed by atoms with Crippen molar-refractivity contribution in [2.24, 2.45) is 0 Å². The average Bonchev–Trinajstić information content (AvgIpc) is 2.22. The number of esters is 2. The smallest absolute Gasteiger partial charge is 0.346 e. The third kappa shape index (κ3) is 4.23. The van der Waals surface area contributed by atoms with E-state index in [-0.39, 0.29) is 0 Å². The van der Waals surface area contributed by atoms with E-state index in [2.05, 4.69) is 9.47 Å². The molecule has 0 aliphatic rings. The lowest BCUT2D eigenvalue weighted by molar-refractivity contribution is -0.170. The summed E-state index contributed by atoms with van der Waals surface area (Å²) in [4.78, 5) is 22.1. The van der Waals surface area contributed by atoms with Crippen LogP contribution in [0.5, 0.6) is 0 Å². The Morgan fingerprint density at radius 2 is 1.64 bits per heavy atom. The van der Waals surface area contributed by atoms with Gasteiger partial charge in [0, 0.05) is 6.61 Å². The van der Waals surface area contributed by atoms with Gasteiger partial charge in [-0.1, -0.05) is 13.3 Å². The van der Waals surface area contributed by atoms with Crippen LogP contribution in [-0.2, 0) is 23.8 Å². The molecule has 0 aromatic rings. The minimum Gasteiger partial charge on any atom is -0.467 e. The van der Waals surface area contributed by atoms with E-state index < -0.39 is 18.0 Å². The highest BCUT2D eigenvalue weighted by atomic mass is 16.6. The fourth-order valence-electron chi connectivity index (χ4n) is 0.792. The summed E-state index contributed by atoms with van der Waals surface area (Å²) in [6.45, 7) is 2.32. The number of unbranched alkanes of at least 4 members (excludes halogenated alkanes) is 1. The molecule has 0 aromatic heterocycles. The Kier molecular flexibility index (Phi) is 6.74. The van der Waals surface area contributed by atoms with Gasteiger partial charge in [0.05, 0.1) is 14.2 Å². The van der Waals surface area contributed by atoms with Gasteiger partial charge in [-0.15, -0.1) is 0 Å². The van der Waals surface area contributed by atoms with Gasteiger partial charge >= 0.3 is 11.9 Å². The van der Waals surface area contributed by atoms with Gasteiger partial charge in [-0.2, -0.15) is 0 Å². The van der Waals surface area contributed by atoms with Gasteiger partial charge in [0.15, 0.2) is 0 Å². The van der Waals surface area contributed by atoms with Crippen LogP contribution in [0.2, 0.25) is 0 Å². The molecule has 0 heterocycles. The summed E-state index contributed by atoms with van der Waals surface area (Å²) < 4.78 is 13.8. The minimum absolute atomic E-state index is 0.339. The van der Waals surface area contributed by atoms with E-state index in [1.807, 2.05) is 6.92 Å². The van der Waals surface area contributed by atoms with Gasteiger partial charge in [-0.3, -0.25) is 0 Å². The van der Waals surface area contributed by atoms with Crippen molar-refractivity contribution in [2.45, 2.75) is 25.9 Å². The third-order valence-electron chi connectivity index (χ3n) is 1.61. The van der Waals surface area contributed by atoms with Crippen LogP contribution in [-0.4, -0.2) is 38.9 Å². The molecule has 5 heteroatoms. The fraction of sp³-hybridized carbons (Fsp3) is 0.778. The molecule has 0 radical (unpaired) electrons. The van der Waals surface area contributed by atoms with Crippen molar-refractivity contribution in [3.05, 3.63) is 0 Å². The SMILES string of the molecule is CCCCOC(C(=O)OC)C(=O)OC. The summed E-state index contributed by atoms with van der Waals surface area (Å²) in [6.07, 6.45) is 0.455. The van der Waals surface area contributed by atoms with E-state index in [0.29, 0.717) is 6.61 Å². The molecule has 0 bridgehead atoms. The van der Waals surface area contributed by atoms with E-state index in [9.17, 15) is 9.59 Å². The lowest BCUT2D eigenvalue weighted by Crippen LogP contribution is -2.35. The Balaban J connectivity index is 4.11. The maximum atomic E-state index is 11.1. The number of hydrogen-bond donors (Lipinski definition) is 0. The zero-order valence-electron chi connectivity index (χ0n) is 8.74. The molecule has 0 aliphatic heterocycles. The van der Waals surface area contributed by atoms with Crippen LogP contribution in [0.4, 0.5) is 0 Å². The Hall–Kier alpha value is -1.10. The number of hydrogen-bond acceptors (Lipinski definition) is 5. The van der Waals surface area contributed by atoms with Crippen molar-refractivity contribution in [3.63, 3.8) is 0 Å². The highest BCUT2D eigenvalue weighted by Crippen LogP contribution is 2.00. The summed E-state index contributed by atoms with van der Waals surface area (Å²) in [6, 6.07) is 0. The number of methoxy groups -OCH3 is 2. The second-order valence-corrected chi connectivity index (χ2v) is 2.65. The van der Waals surface area contributed by atoms with Gasteiger partial charge in [-0.05, 0) is 6.42 Å². The first-order chi connectivity index (χ1) is 6.67. The maximum Gasteiger partial charge on any atom is 0.346 e. The monoisotopic (exact) mass is 204 g/mol. The van der Waals surface area contributed by atoms with Crippen LogP contribution in [0.25, 0.3) is 0 Å². The first-order valence-electron chi connectivity index (χ1n) is 4.44. The van der Waals surface area contributed by atoms with Gasteiger partial charge in [0.2, 0.25) is 0 Å². The van der Waals surface area contributed by atoms with Crippen LogP contribution < -0.4 is 0 Å². The Morgan fingerprint density at radius 3 is 2.00 bits per heavy atom. The highest BCUT2D eigenvalue weighted by Gasteiger charge is 2.29. The molecule has 0 rings (SSSR count).